The van der Waals surface area contributed by atoms with Crippen molar-refractivity contribution in [3.8, 4) is 5.75 Å². The van der Waals surface area contributed by atoms with Gasteiger partial charge in [0.1, 0.15) is 11.6 Å². The van der Waals surface area contributed by atoms with Gasteiger partial charge in [-0.05, 0) is 55.2 Å². The number of allylic oxidation sites excluding steroid dienone is 1. The maximum Gasteiger partial charge on any atom is 0.573 e. The molecule has 2 aromatic heterocycles. The number of anilines is 2. The van der Waals surface area contributed by atoms with Gasteiger partial charge in [-0.2, -0.15) is 10.2 Å². The minimum Gasteiger partial charge on any atom is -0.406 e. The summed E-state index contributed by atoms with van der Waals surface area (Å²) < 4.78 is 60.7. The van der Waals surface area contributed by atoms with Crippen LogP contribution in [0, 0.1) is 5.82 Å². The van der Waals surface area contributed by atoms with E-state index in [1.807, 2.05) is 12.1 Å². The van der Waals surface area contributed by atoms with Gasteiger partial charge in [0, 0.05) is 24.9 Å². The first kappa shape index (κ1) is 25.4. The van der Waals surface area contributed by atoms with Crippen LogP contribution < -0.4 is 15.4 Å². The monoisotopic (exact) mass is 524 g/mol. The van der Waals surface area contributed by atoms with Crippen molar-refractivity contribution in [1.82, 2.24) is 20.4 Å². The molecule has 1 aromatic carbocycles. The highest BCUT2D eigenvalue weighted by atomic mass is 32.1. The van der Waals surface area contributed by atoms with Crippen molar-refractivity contribution in [2.75, 3.05) is 17.7 Å². The van der Waals surface area contributed by atoms with Crippen LogP contribution in [0.2, 0.25) is 0 Å². The Morgan fingerprint density at radius 1 is 1.19 bits per heavy atom. The Bertz CT molecular complexity index is 1240. The Labute approximate surface area is 206 Å². The van der Waals surface area contributed by atoms with E-state index in [-0.39, 0.29) is 11.2 Å². The number of aromatic nitrogens is 4. The van der Waals surface area contributed by atoms with E-state index in [0.29, 0.717) is 5.13 Å². The Morgan fingerprint density at radius 3 is 2.67 bits per heavy atom. The maximum absolute atomic E-state index is 14.3. The SMILES string of the molecule is COC(C(=O)Nc1nnc(NC2CC=C(c3cccnn3)CC2)s1)c1cc(OC(F)(F)F)ccc1F. The highest BCUT2D eigenvalue weighted by molar-refractivity contribution is 7.19. The lowest BCUT2D eigenvalue weighted by Crippen LogP contribution is -2.24. The fourth-order valence-corrected chi connectivity index (χ4v) is 4.37. The van der Waals surface area contributed by atoms with Crippen LogP contribution in [0.3, 0.4) is 0 Å². The van der Waals surface area contributed by atoms with Crippen LogP contribution in [-0.2, 0) is 9.53 Å². The average Bonchev–Trinajstić information content (AvgIpc) is 3.28. The van der Waals surface area contributed by atoms with Crippen LogP contribution in [0.25, 0.3) is 5.57 Å². The molecule has 0 fully saturated rings. The van der Waals surface area contributed by atoms with Crippen molar-refractivity contribution < 1.29 is 31.8 Å². The summed E-state index contributed by atoms with van der Waals surface area (Å²) in [4.78, 5) is 12.7. The number of methoxy groups -OCH3 is 1. The van der Waals surface area contributed by atoms with Crippen LogP contribution in [0.5, 0.6) is 5.75 Å². The lowest BCUT2D eigenvalue weighted by Gasteiger charge is -2.22. The molecule has 4 rings (SSSR count). The number of halogens is 4. The quantitative estimate of drug-likeness (QED) is 0.407. The number of benzene rings is 1. The molecule has 0 saturated carbocycles. The summed E-state index contributed by atoms with van der Waals surface area (Å²) in [6, 6.07) is 6.16. The summed E-state index contributed by atoms with van der Waals surface area (Å²) in [5.74, 6) is -2.45. The van der Waals surface area contributed by atoms with E-state index in [9.17, 15) is 22.4 Å². The highest BCUT2D eigenvalue weighted by Gasteiger charge is 2.32. The maximum atomic E-state index is 14.3. The number of ether oxygens (including phenoxy) is 2. The number of carbonyl (C=O) groups excluding carboxylic acids is 1. The van der Waals surface area contributed by atoms with Gasteiger partial charge >= 0.3 is 6.36 Å². The molecule has 0 aliphatic heterocycles. The minimum absolute atomic E-state index is 0.0964. The van der Waals surface area contributed by atoms with Gasteiger partial charge in [-0.15, -0.1) is 23.4 Å². The lowest BCUT2D eigenvalue weighted by molar-refractivity contribution is -0.274. The van der Waals surface area contributed by atoms with E-state index in [1.165, 1.54) is 0 Å². The Hall–Kier alpha value is -3.65. The van der Waals surface area contributed by atoms with Gasteiger partial charge in [0.2, 0.25) is 10.3 Å². The summed E-state index contributed by atoms with van der Waals surface area (Å²) >= 11 is 1.06. The van der Waals surface area contributed by atoms with Crippen molar-refractivity contribution in [2.24, 2.45) is 0 Å². The predicted molar refractivity (Wildman–Crippen MR) is 123 cm³/mol. The number of rotatable bonds is 8. The van der Waals surface area contributed by atoms with Gasteiger partial charge in [0.15, 0.2) is 6.10 Å². The zero-order chi connectivity index (χ0) is 25.7. The van der Waals surface area contributed by atoms with Crippen LogP contribution in [0.4, 0.5) is 27.8 Å². The summed E-state index contributed by atoms with van der Waals surface area (Å²) in [5.41, 5.74) is 1.54. The van der Waals surface area contributed by atoms with Gasteiger partial charge in [-0.1, -0.05) is 17.4 Å². The molecule has 1 aliphatic carbocycles. The van der Waals surface area contributed by atoms with E-state index in [1.54, 1.807) is 6.20 Å². The smallest absolute Gasteiger partial charge is 0.406 e. The van der Waals surface area contributed by atoms with Crippen molar-refractivity contribution in [2.45, 2.75) is 37.8 Å². The van der Waals surface area contributed by atoms with Gasteiger partial charge in [0.05, 0.1) is 5.69 Å². The second kappa shape index (κ2) is 11.0. The molecule has 2 heterocycles. The van der Waals surface area contributed by atoms with Crippen molar-refractivity contribution in [1.29, 1.82) is 0 Å². The number of alkyl halides is 3. The summed E-state index contributed by atoms with van der Waals surface area (Å²) in [6.45, 7) is 0. The fourth-order valence-electron chi connectivity index (χ4n) is 3.64. The van der Waals surface area contributed by atoms with E-state index in [0.717, 1.165) is 67.2 Å². The first-order valence-corrected chi connectivity index (χ1v) is 11.5. The number of amides is 1. The second-order valence-corrected chi connectivity index (χ2v) is 8.68. The molecule has 0 saturated heterocycles. The third-order valence-electron chi connectivity index (χ3n) is 5.25. The Balaban J connectivity index is 1.38. The molecule has 0 bridgehead atoms. The van der Waals surface area contributed by atoms with E-state index < -0.39 is 35.5 Å². The number of nitrogens with zero attached hydrogens (tertiary/aromatic N) is 4. The minimum atomic E-state index is -4.97. The van der Waals surface area contributed by atoms with Gasteiger partial charge in [-0.25, -0.2) is 4.39 Å². The molecule has 2 atom stereocenters. The zero-order valence-corrected chi connectivity index (χ0v) is 19.6. The summed E-state index contributed by atoms with van der Waals surface area (Å²) in [6.07, 6.45) is -0.459. The van der Waals surface area contributed by atoms with Crippen molar-refractivity contribution in [3.05, 3.63) is 59.7 Å². The first-order valence-electron chi connectivity index (χ1n) is 10.7. The fraction of sp³-hybridized carbons (Fsp3) is 0.318. The summed E-state index contributed by atoms with van der Waals surface area (Å²) in [5, 5.41) is 22.2. The second-order valence-electron chi connectivity index (χ2n) is 7.70. The summed E-state index contributed by atoms with van der Waals surface area (Å²) in [7, 11) is 1.12. The molecule has 36 heavy (non-hydrogen) atoms. The van der Waals surface area contributed by atoms with Gasteiger partial charge in [-0.3, -0.25) is 10.1 Å². The van der Waals surface area contributed by atoms with Crippen molar-refractivity contribution >= 4 is 33.1 Å². The number of hydrogen-bond donors (Lipinski definition) is 2. The molecule has 14 heteroatoms. The molecule has 2 unspecified atom stereocenters. The van der Waals surface area contributed by atoms with E-state index in [4.69, 9.17) is 4.74 Å². The van der Waals surface area contributed by atoms with E-state index >= 15 is 0 Å². The van der Waals surface area contributed by atoms with Crippen LogP contribution in [0.1, 0.15) is 36.6 Å². The molecule has 3 aromatic rings. The molecular weight excluding hydrogens is 504 g/mol. The van der Waals surface area contributed by atoms with E-state index in [2.05, 4.69) is 41.8 Å². The molecular formula is C22H20F4N6O3S. The Morgan fingerprint density at radius 2 is 2.00 bits per heavy atom. The first-order chi connectivity index (χ1) is 17.2. The standard InChI is InChI=1S/C22H20F4N6O3S/c1-34-18(15-11-14(8-9-16(15)23)35-22(24,25)26)19(33)29-21-32-31-20(36-21)28-13-6-4-12(5-7-13)17-3-2-10-27-30-17/h2-4,8-11,13,18H,5-7H2,1H3,(H,28,31)(H,29,32,33). The lowest BCUT2D eigenvalue weighted by atomic mass is 9.93. The molecule has 1 aliphatic rings. The molecule has 2 N–H and O–H groups in total. The van der Waals surface area contributed by atoms with Crippen molar-refractivity contribution in [3.63, 3.8) is 0 Å². The molecule has 0 radical (unpaired) electrons. The van der Waals surface area contributed by atoms with Crippen LogP contribution in [-0.4, -0.2) is 45.8 Å². The van der Waals surface area contributed by atoms with Crippen LogP contribution in [0.15, 0.2) is 42.6 Å². The average molecular weight is 525 g/mol. The normalized spacial score (nSPS) is 16.7. The number of carbonyl (C=O) groups is 1. The largest absolute Gasteiger partial charge is 0.573 e. The predicted octanol–water partition coefficient (Wildman–Crippen LogP) is 4.74. The topological polar surface area (TPSA) is 111 Å². The number of nitrogens with one attached hydrogen (secondary N) is 2. The van der Waals surface area contributed by atoms with Gasteiger partial charge in [0.25, 0.3) is 5.91 Å². The van der Waals surface area contributed by atoms with Gasteiger partial charge < -0.3 is 14.8 Å². The molecule has 0 spiro atoms. The number of hydrogen-bond acceptors (Lipinski definition) is 9. The molecule has 9 nitrogen and oxygen atoms in total. The van der Waals surface area contributed by atoms with Crippen LogP contribution >= 0.6 is 11.3 Å². The molecule has 1 amide bonds. The Kier molecular flexibility index (Phi) is 7.74. The zero-order valence-electron chi connectivity index (χ0n) is 18.8. The third-order valence-corrected chi connectivity index (χ3v) is 6.02. The molecule has 190 valence electrons. The third kappa shape index (κ3) is 6.51. The highest BCUT2D eigenvalue weighted by Crippen LogP contribution is 2.31.